The van der Waals surface area contributed by atoms with E-state index in [0.717, 1.165) is 6.08 Å². The fourth-order valence-electron chi connectivity index (χ4n) is 1.11. The molecular formula is C8H10F3N. The number of halogens is 3. The second kappa shape index (κ2) is 2.62. The summed E-state index contributed by atoms with van der Waals surface area (Å²) in [4.78, 5) is 0. The van der Waals surface area contributed by atoms with Gasteiger partial charge in [0.15, 0.2) is 0 Å². The van der Waals surface area contributed by atoms with E-state index in [4.69, 9.17) is 5.73 Å². The van der Waals surface area contributed by atoms with Crippen molar-refractivity contribution in [3.05, 3.63) is 24.3 Å². The molecule has 1 rings (SSSR count). The molecule has 0 fully saturated rings. The van der Waals surface area contributed by atoms with E-state index < -0.39 is 17.6 Å². The first-order chi connectivity index (χ1) is 5.38. The van der Waals surface area contributed by atoms with Crippen LogP contribution in [0.15, 0.2) is 24.3 Å². The standard InChI is InChI=1S/C8H10F3N/c1-6-4-2-3-5-7(6,12)8(9,10)11/h2-6H,12H2,1H3. The van der Waals surface area contributed by atoms with Crippen LogP contribution in [0.5, 0.6) is 0 Å². The van der Waals surface area contributed by atoms with Crippen molar-refractivity contribution >= 4 is 0 Å². The minimum atomic E-state index is -4.38. The maximum Gasteiger partial charge on any atom is 0.410 e. The van der Waals surface area contributed by atoms with Crippen LogP contribution in [0, 0.1) is 5.92 Å². The highest BCUT2D eigenvalue weighted by Crippen LogP contribution is 2.37. The molecule has 1 aliphatic rings. The van der Waals surface area contributed by atoms with Crippen LogP contribution >= 0.6 is 0 Å². The zero-order valence-corrected chi connectivity index (χ0v) is 6.60. The van der Waals surface area contributed by atoms with Gasteiger partial charge in [-0.2, -0.15) is 13.2 Å². The first-order valence-electron chi connectivity index (χ1n) is 3.59. The van der Waals surface area contributed by atoms with Crippen LogP contribution in [0.3, 0.4) is 0 Å². The van der Waals surface area contributed by atoms with Crippen molar-refractivity contribution in [2.45, 2.75) is 18.6 Å². The van der Waals surface area contributed by atoms with E-state index in [1.807, 2.05) is 0 Å². The molecule has 12 heavy (non-hydrogen) atoms. The van der Waals surface area contributed by atoms with Crippen LogP contribution < -0.4 is 5.73 Å². The SMILES string of the molecule is CC1C=CC=CC1(N)C(F)(F)F. The molecular weight excluding hydrogens is 167 g/mol. The highest BCUT2D eigenvalue weighted by Gasteiger charge is 2.53. The van der Waals surface area contributed by atoms with Crippen LogP contribution in [0.1, 0.15) is 6.92 Å². The highest BCUT2D eigenvalue weighted by atomic mass is 19.4. The molecule has 0 saturated carbocycles. The third-order valence-electron chi connectivity index (χ3n) is 2.13. The van der Waals surface area contributed by atoms with E-state index in [0.29, 0.717) is 0 Å². The molecule has 2 atom stereocenters. The number of nitrogens with two attached hydrogens (primary N) is 1. The fraction of sp³-hybridized carbons (Fsp3) is 0.500. The molecule has 0 radical (unpaired) electrons. The Labute approximate surface area is 68.7 Å². The van der Waals surface area contributed by atoms with E-state index in [1.54, 1.807) is 6.08 Å². The lowest BCUT2D eigenvalue weighted by Crippen LogP contribution is -2.56. The maximum absolute atomic E-state index is 12.4. The first-order valence-corrected chi connectivity index (χ1v) is 3.59. The molecule has 0 aromatic heterocycles. The summed E-state index contributed by atoms with van der Waals surface area (Å²) in [5.41, 5.74) is 3.02. The number of allylic oxidation sites excluding steroid dienone is 2. The normalized spacial score (nSPS) is 35.6. The average Bonchev–Trinajstić information content (AvgIpc) is 1.93. The molecule has 0 spiro atoms. The first kappa shape index (κ1) is 9.32. The molecule has 0 amide bonds. The van der Waals surface area contributed by atoms with Crippen molar-refractivity contribution in [3.8, 4) is 0 Å². The molecule has 0 heterocycles. The van der Waals surface area contributed by atoms with Gasteiger partial charge in [0, 0.05) is 5.92 Å². The monoisotopic (exact) mass is 177 g/mol. The molecule has 68 valence electrons. The van der Waals surface area contributed by atoms with Gasteiger partial charge in [-0.25, -0.2) is 0 Å². The number of rotatable bonds is 0. The summed E-state index contributed by atoms with van der Waals surface area (Å²) in [6.07, 6.45) is 0.966. The lowest BCUT2D eigenvalue weighted by molar-refractivity contribution is -0.180. The number of hydrogen-bond acceptors (Lipinski definition) is 1. The summed E-state index contributed by atoms with van der Waals surface area (Å²) < 4.78 is 37.1. The van der Waals surface area contributed by atoms with Gasteiger partial charge >= 0.3 is 6.18 Å². The van der Waals surface area contributed by atoms with E-state index >= 15 is 0 Å². The van der Waals surface area contributed by atoms with Crippen molar-refractivity contribution in [1.29, 1.82) is 0 Å². The second-order valence-electron chi connectivity index (χ2n) is 2.96. The van der Waals surface area contributed by atoms with Crippen LogP contribution in [0.4, 0.5) is 13.2 Å². The molecule has 0 aromatic carbocycles. The van der Waals surface area contributed by atoms with E-state index in [2.05, 4.69) is 0 Å². The molecule has 2 N–H and O–H groups in total. The third kappa shape index (κ3) is 1.27. The molecule has 2 unspecified atom stereocenters. The van der Waals surface area contributed by atoms with Gasteiger partial charge in [0.1, 0.15) is 5.54 Å². The lowest BCUT2D eigenvalue weighted by atomic mass is 9.82. The lowest BCUT2D eigenvalue weighted by Gasteiger charge is -2.34. The predicted molar refractivity (Wildman–Crippen MR) is 40.4 cm³/mol. The summed E-state index contributed by atoms with van der Waals surface area (Å²) in [5.74, 6) is -0.706. The van der Waals surface area contributed by atoms with Gasteiger partial charge in [-0.1, -0.05) is 31.2 Å². The van der Waals surface area contributed by atoms with Gasteiger partial charge < -0.3 is 5.73 Å². The molecule has 0 aliphatic heterocycles. The molecule has 0 saturated heterocycles. The Hall–Kier alpha value is -0.770. The van der Waals surface area contributed by atoms with Gasteiger partial charge in [0.05, 0.1) is 0 Å². The van der Waals surface area contributed by atoms with Crippen LogP contribution in [0.25, 0.3) is 0 Å². The Bertz CT molecular complexity index is 229. The van der Waals surface area contributed by atoms with Crippen molar-refractivity contribution in [3.63, 3.8) is 0 Å². The minimum absolute atomic E-state index is 0.706. The van der Waals surface area contributed by atoms with Gasteiger partial charge in [-0.15, -0.1) is 0 Å². The largest absolute Gasteiger partial charge is 0.410 e. The van der Waals surface area contributed by atoms with Crippen molar-refractivity contribution < 1.29 is 13.2 Å². The summed E-state index contributed by atoms with van der Waals surface area (Å²) >= 11 is 0. The predicted octanol–water partition coefficient (Wildman–Crippen LogP) is 2.01. The van der Waals surface area contributed by atoms with E-state index in [1.165, 1.54) is 19.1 Å². The smallest absolute Gasteiger partial charge is 0.314 e. The van der Waals surface area contributed by atoms with E-state index in [-0.39, 0.29) is 0 Å². The van der Waals surface area contributed by atoms with Crippen molar-refractivity contribution in [2.24, 2.45) is 11.7 Å². The number of hydrogen-bond donors (Lipinski definition) is 1. The molecule has 1 nitrogen and oxygen atoms in total. The Kier molecular flexibility index (Phi) is 2.04. The Morgan fingerprint density at radius 1 is 1.33 bits per heavy atom. The quantitative estimate of drug-likeness (QED) is 0.601. The zero-order chi connectivity index (χ0) is 9.41. The Morgan fingerprint density at radius 2 is 1.92 bits per heavy atom. The summed E-state index contributed by atoms with van der Waals surface area (Å²) in [5, 5.41) is 0. The molecule has 4 heteroatoms. The summed E-state index contributed by atoms with van der Waals surface area (Å²) in [7, 11) is 0. The topological polar surface area (TPSA) is 26.0 Å². The van der Waals surface area contributed by atoms with Crippen LogP contribution in [-0.4, -0.2) is 11.7 Å². The second-order valence-corrected chi connectivity index (χ2v) is 2.96. The summed E-state index contributed by atoms with van der Waals surface area (Å²) in [6.45, 7) is 1.45. The zero-order valence-electron chi connectivity index (χ0n) is 6.60. The highest BCUT2D eigenvalue weighted by molar-refractivity contribution is 5.25. The minimum Gasteiger partial charge on any atom is -0.314 e. The van der Waals surface area contributed by atoms with Crippen LogP contribution in [0.2, 0.25) is 0 Å². The van der Waals surface area contributed by atoms with Gasteiger partial charge in [-0.05, 0) is 0 Å². The van der Waals surface area contributed by atoms with Gasteiger partial charge in [0.2, 0.25) is 0 Å². The Morgan fingerprint density at radius 3 is 2.25 bits per heavy atom. The Balaban J connectivity index is 2.99. The average molecular weight is 177 g/mol. The van der Waals surface area contributed by atoms with E-state index in [9.17, 15) is 13.2 Å². The number of alkyl halides is 3. The van der Waals surface area contributed by atoms with Gasteiger partial charge in [-0.3, -0.25) is 0 Å². The van der Waals surface area contributed by atoms with Gasteiger partial charge in [0.25, 0.3) is 0 Å². The molecule has 0 aromatic rings. The summed E-state index contributed by atoms with van der Waals surface area (Å²) in [6, 6.07) is 0. The van der Waals surface area contributed by atoms with Crippen molar-refractivity contribution in [2.75, 3.05) is 0 Å². The van der Waals surface area contributed by atoms with Crippen molar-refractivity contribution in [1.82, 2.24) is 0 Å². The van der Waals surface area contributed by atoms with Crippen LogP contribution in [-0.2, 0) is 0 Å². The maximum atomic E-state index is 12.4. The molecule has 0 bridgehead atoms. The fourth-order valence-corrected chi connectivity index (χ4v) is 1.11. The third-order valence-corrected chi connectivity index (χ3v) is 2.13. The molecule has 1 aliphatic carbocycles.